The quantitative estimate of drug-likeness (QED) is 0.841. The van der Waals surface area contributed by atoms with E-state index in [0.717, 1.165) is 15.7 Å². The highest BCUT2D eigenvalue weighted by Crippen LogP contribution is 2.37. The standard InChI is InChI=1S/C10H7BrCl2N2S/c1-14-10-8(13)2-7(12)9(15-10)5-3-16-4-6(5)11/h2-4H,1H3,(H,14,15). The van der Waals surface area contributed by atoms with E-state index in [-0.39, 0.29) is 0 Å². The largest absolute Gasteiger partial charge is 0.372 e. The number of thiophene rings is 1. The zero-order chi connectivity index (χ0) is 11.7. The SMILES string of the molecule is CNc1nc(-c2cscc2Br)c(Cl)cc1Cl. The molecule has 1 N–H and O–H groups in total. The van der Waals surface area contributed by atoms with Crippen LogP contribution in [0.4, 0.5) is 5.82 Å². The van der Waals surface area contributed by atoms with Gasteiger partial charge in [0.2, 0.25) is 0 Å². The molecule has 0 aromatic carbocycles. The third-order valence-corrected chi connectivity index (χ3v) is 4.32. The van der Waals surface area contributed by atoms with Crippen LogP contribution in [0.1, 0.15) is 0 Å². The van der Waals surface area contributed by atoms with Gasteiger partial charge in [-0.2, -0.15) is 11.3 Å². The fourth-order valence-electron chi connectivity index (χ4n) is 1.28. The van der Waals surface area contributed by atoms with Gasteiger partial charge in [-0.15, -0.1) is 0 Å². The van der Waals surface area contributed by atoms with Gasteiger partial charge in [-0.05, 0) is 22.0 Å². The summed E-state index contributed by atoms with van der Waals surface area (Å²) in [5, 5.41) is 7.97. The first kappa shape index (κ1) is 12.2. The van der Waals surface area contributed by atoms with Gasteiger partial charge in [0.25, 0.3) is 0 Å². The van der Waals surface area contributed by atoms with Crippen molar-refractivity contribution in [2.45, 2.75) is 0 Å². The first-order valence-corrected chi connectivity index (χ1v) is 6.88. The second-order valence-corrected chi connectivity index (χ2v) is 5.44. The molecule has 0 atom stereocenters. The molecule has 2 heterocycles. The molecule has 0 spiro atoms. The Kier molecular flexibility index (Phi) is 3.74. The van der Waals surface area contributed by atoms with Crippen molar-refractivity contribution in [2.75, 3.05) is 12.4 Å². The van der Waals surface area contributed by atoms with Gasteiger partial charge in [0.1, 0.15) is 5.82 Å². The van der Waals surface area contributed by atoms with E-state index in [2.05, 4.69) is 26.2 Å². The van der Waals surface area contributed by atoms with Crippen molar-refractivity contribution < 1.29 is 0 Å². The van der Waals surface area contributed by atoms with Gasteiger partial charge >= 0.3 is 0 Å². The Morgan fingerprint density at radius 2 is 2.06 bits per heavy atom. The van der Waals surface area contributed by atoms with Crippen LogP contribution in [0, 0.1) is 0 Å². The Balaban J connectivity index is 2.61. The Bertz CT molecular complexity index is 528. The number of hydrogen-bond donors (Lipinski definition) is 1. The first-order valence-electron chi connectivity index (χ1n) is 4.39. The lowest BCUT2D eigenvalue weighted by Gasteiger charge is -2.07. The molecule has 0 fully saturated rings. The second-order valence-electron chi connectivity index (χ2n) is 3.03. The van der Waals surface area contributed by atoms with Gasteiger partial charge in [-0.1, -0.05) is 23.2 Å². The minimum absolute atomic E-state index is 0.516. The van der Waals surface area contributed by atoms with Crippen LogP contribution in [0.2, 0.25) is 10.0 Å². The molecule has 0 aliphatic rings. The summed E-state index contributed by atoms with van der Waals surface area (Å²) >= 11 is 17.2. The topological polar surface area (TPSA) is 24.9 Å². The van der Waals surface area contributed by atoms with Crippen molar-refractivity contribution >= 4 is 56.3 Å². The highest BCUT2D eigenvalue weighted by molar-refractivity contribution is 9.10. The summed E-state index contributed by atoms with van der Waals surface area (Å²) < 4.78 is 0.983. The zero-order valence-electron chi connectivity index (χ0n) is 8.22. The third kappa shape index (κ3) is 2.20. The lowest BCUT2D eigenvalue weighted by molar-refractivity contribution is 1.29. The molecule has 2 rings (SSSR count). The van der Waals surface area contributed by atoms with Crippen LogP contribution in [0.3, 0.4) is 0 Å². The van der Waals surface area contributed by atoms with Gasteiger partial charge in [0.15, 0.2) is 0 Å². The highest BCUT2D eigenvalue weighted by atomic mass is 79.9. The zero-order valence-corrected chi connectivity index (χ0v) is 12.1. The molecule has 0 unspecified atom stereocenters. The van der Waals surface area contributed by atoms with Crippen LogP contribution in [0.5, 0.6) is 0 Å². The number of nitrogens with one attached hydrogen (secondary N) is 1. The van der Waals surface area contributed by atoms with Crippen molar-refractivity contribution in [3.05, 3.63) is 31.3 Å². The maximum absolute atomic E-state index is 6.13. The molecule has 0 radical (unpaired) electrons. The summed E-state index contributed by atoms with van der Waals surface area (Å²) in [5.74, 6) is 0.624. The molecule has 2 aromatic heterocycles. The van der Waals surface area contributed by atoms with Crippen molar-refractivity contribution in [1.29, 1.82) is 0 Å². The molecule has 0 bridgehead atoms. The molecule has 0 aliphatic heterocycles. The number of hydrogen-bond acceptors (Lipinski definition) is 3. The van der Waals surface area contributed by atoms with E-state index >= 15 is 0 Å². The number of rotatable bonds is 2. The molecule has 0 aliphatic carbocycles. The van der Waals surface area contributed by atoms with Gasteiger partial charge in [-0.25, -0.2) is 4.98 Å². The normalized spacial score (nSPS) is 10.5. The minimum Gasteiger partial charge on any atom is -0.372 e. The molecule has 0 saturated carbocycles. The van der Waals surface area contributed by atoms with E-state index in [1.807, 2.05) is 10.8 Å². The van der Waals surface area contributed by atoms with Crippen molar-refractivity contribution in [3.8, 4) is 11.3 Å². The molecular weight excluding hydrogens is 331 g/mol. The fraction of sp³-hybridized carbons (Fsp3) is 0.100. The van der Waals surface area contributed by atoms with Gasteiger partial charge in [0.05, 0.1) is 15.7 Å². The van der Waals surface area contributed by atoms with Crippen LogP contribution in [-0.4, -0.2) is 12.0 Å². The summed E-state index contributed by atoms with van der Waals surface area (Å²) in [4.78, 5) is 4.40. The van der Waals surface area contributed by atoms with E-state index in [1.165, 1.54) is 0 Å². The monoisotopic (exact) mass is 336 g/mol. The molecule has 0 amide bonds. The van der Waals surface area contributed by atoms with Crippen LogP contribution in [0.15, 0.2) is 21.3 Å². The maximum atomic E-state index is 6.13. The third-order valence-electron chi connectivity index (χ3n) is 2.04. The van der Waals surface area contributed by atoms with Crippen molar-refractivity contribution in [3.63, 3.8) is 0 Å². The number of nitrogens with zero attached hydrogens (tertiary/aromatic N) is 1. The Hall–Kier alpha value is -0.290. The van der Waals surface area contributed by atoms with Crippen LogP contribution in [-0.2, 0) is 0 Å². The average molecular weight is 338 g/mol. The van der Waals surface area contributed by atoms with Gasteiger partial charge < -0.3 is 5.32 Å². The molecule has 6 heteroatoms. The van der Waals surface area contributed by atoms with E-state index < -0.39 is 0 Å². The van der Waals surface area contributed by atoms with Crippen LogP contribution < -0.4 is 5.32 Å². The summed E-state index contributed by atoms with van der Waals surface area (Å²) in [7, 11) is 1.77. The second kappa shape index (κ2) is 4.92. The molecule has 84 valence electrons. The lowest BCUT2D eigenvalue weighted by Crippen LogP contribution is -1.95. The smallest absolute Gasteiger partial charge is 0.145 e. The molecule has 0 saturated heterocycles. The van der Waals surface area contributed by atoms with E-state index in [1.54, 1.807) is 24.5 Å². The summed E-state index contributed by atoms with van der Waals surface area (Å²) in [6.45, 7) is 0. The Labute approximate surface area is 116 Å². The maximum Gasteiger partial charge on any atom is 0.145 e. The molecule has 2 aromatic rings. The van der Waals surface area contributed by atoms with Gasteiger partial charge in [-0.3, -0.25) is 0 Å². The minimum atomic E-state index is 0.516. The number of halogens is 3. The average Bonchev–Trinajstić information content (AvgIpc) is 2.65. The lowest BCUT2D eigenvalue weighted by atomic mass is 10.2. The molecule has 16 heavy (non-hydrogen) atoms. The number of anilines is 1. The molecule has 2 nitrogen and oxygen atoms in total. The van der Waals surface area contributed by atoms with Crippen molar-refractivity contribution in [1.82, 2.24) is 4.98 Å². The summed E-state index contributed by atoms with van der Waals surface area (Å²) in [6, 6.07) is 1.70. The Morgan fingerprint density at radius 1 is 1.31 bits per heavy atom. The predicted octanol–water partition coefficient (Wildman–Crippen LogP) is 4.92. The van der Waals surface area contributed by atoms with E-state index in [0.29, 0.717) is 15.9 Å². The van der Waals surface area contributed by atoms with Gasteiger partial charge in [0, 0.05) is 27.8 Å². The molecular formula is C10H7BrCl2N2S. The van der Waals surface area contributed by atoms with Crippen LogP contribution in [0.25, 0.3) is 11.3 Å². The Morgan fingerprint density at radius 3 is 2.62 bits per heavy atom. The number of aromatic nitrogens is 1. The van der Waals surface area contributed by atoms with Crippen molar-refractivity contribution in [2.24, 2.45) is 0 Å². The predicted molar refractivity (Wildman–Crippen MR) is 74.8 cm³/mol. The summed E-state index contributed by atoms with van der Waals surface area (Å²) in [5.41, 5.74) is 1.70. The van der Waals surface area contributed by atoms with E-state index in [9.17, 15) is 0 Å². The summed E-state index contributed by atoms with van der Waals surface area (Å²) in [6.07, 6.45) is 0. The van der Waals surface area contributed by atoms with E-state index in [4.69, 9.17) is 23.2 Å². The van der Waals surface area contributed by atoms with Crippen LogP contribution >= 0.6 is 50.5 Å². The first-order chi connectivity index (χ1) is 7.63. The fourth-order valence-corrected chi connectivity index (χ4v) is 3.30. The number of pyridine rings is 1. The highest BCUT2D eigenvalue weighted by Gasteiger charge is 2.13.